The van der Waals surface area contributed by atoms with Crippen LogP contribution in [0.3, 0.4) is 0 Å². The van der Waals surface area contributed by atoms with Crippen LogP contribution in [0.2, 0.25) is 0 Å². The first-order valence-corrected chi connectivity index (χ1v) is 6.11. The molecular weight excluding hydrogens is 351 g/mol. The van der Waals surface area contributed by atoms with Crippen LogP contribution in [0.25, 0.3) is 11.1 Å². The van der Waals surface area contributed by atoms with Crippen molar-refractivity contribution in [3.05, 3.63) is 44.5 Å². The second kappa shape index (κ2) is 4.62. The minimum atomic E-state index is 1.08. The molecule has 0 bridgehead atoms. The first-order chi connectivity index (χ1) is 6.43. The lowest BCUT2D eigenvalue weighted by atomic mass is 10.0. The molecule has 74 valence electrons. The normalized spacial score (nSPS) is 10.0. The van der Waals surface area contributed by atoms with E-state index in [1.807, 2.05) is 13.8 Å². The zero-order chi connectivity index (χ0) is 10.9. The van der Waals surface area contributed by atoms with Crippen LogP contribution in [-0.2, 0) is 0 Å². The summed E-state index contributed by atoms with van der Waals surface area (Å²) in [5.41, 5.74) is 4.55. The molecule has 1 aromatic rings. The van der Waals surface area contributed by atoms with Crippen LogP contribution >= 0.6 is 38.5 Å². The first kappa shape index (κ1) is 12.0. The summed E-state index contributed by atoms with van der Waals surface area (Å²) in [7, 11) is 0. The Hall–Kier alpha value is -0.0900. The number of hydrogen-bond donors (Lipinski definition) is 0. The second-order valence-corrected chi connectivity index (χ2v) is 5.37. The summed E-state index contributed by atoms with van der Waals surface area (Å²) < 4.78 is 2.31. The molecule has 0 atom stereocenters. The highest BCUT2D eigenvalue weighted by molar-refractivity contribution is 14.1. The molecule has 1 aromatic carbocycles. The quantitative estimate of drug-likeness (QED) is 0.640. The molecule has 0 aliphatic carbocycles. The van der Waals surface area contributed by atoms with Crippen molar-refractivity contribution >= 4 is 49.7 Å². The molecule has 0 N–H and O–H groups in total. The van der Waals surface area contributed by atoms with Crippen LogP contribution < -0.4 is 0 Å². The van der Waals surface area contributed by atoms with Crippen molar-refractivity contribution < 1.29 is 0 Å². The molecule has 14 heavy (non-hydrogen) atoms. The third kappa shape index (κ3) is 2.48. The third-order valence-corrected chi connectivity index (χ3v) is 3.58. The Morgan fingerprint density at radius 2 is 1.50 bits per heavy atom. The van der Waals surface area contributed by atoms with Crippen LogP contribution in [0.1, 0.15) is 25.0 Å². The summed E-state index contributed by atoms with van der Waals surface area (Å²) in [6, 6.07) is 4.19. The van der Waals surface area contributed by atoms with Crippen LogP contribution in [0.5, 0.6) is 0 Å². The number of rotatable bonds is 2. The third-order valence-electron chi connectivity index (χ3n) is 1.96. The van der Waals surface area contributed by atoms with E-state index in [-0.39, 0.29) is 0 Å². The van der Waals surface area contributed by atoms with Crippen molar-refractivity contribution in [2.75, 3.05) is 0 Å². The summed E-state index contributed by atoms with van der Waals surface area (Å²) in [5, 5.41) is 0. The zero-order valence-corrected chi connectivity index (χ0v) is 12.1. The molecule has 0 amide bonds. The molecule has 2 heteroatoms. The van der Waals surface area contributed by atoms with E-state index in [0.29, 0.717) is 0 Å². The van der Waals surface area contributed by atoms with Gasteiger partial charge >= 0.3 is 0 Å². The highest BCUT2D eigenvalue weighted by atomic mass is 127. The molecule has 0 saturated carbocycles. The fourth-order valence-corrected chi connectivity index (χ4v) is 2.90. The molecule has 0 aliphatic heterocycles. The molecule has 0 aliphatic rings. The van der Waals surface area contributed by atoms with Crippen molar-refractivity contribution in [2.45, 2.75) is 13.8 Å². The van der Waals surface area contributed by atoms with Gasteiger partial charge in [-0.1, -0.05) is 29.1 Å². The van der Waals surface area contributed by atoms with Crippen molar-refractivity contribution in [3.8, 4) is 0 Å². The highest BCUT2D eigenvalue weighted by Crippen LogP contribution is 2.30. The number of hydrogen-bond acceptors (Lipinski definition) is 0. The number of benzene rings is 1. The summed E-state index contributed by atoms with van der Waals surface area (Å²) in [6.45, 7) is 12.0. The van der Waals surface area contributed by atoms with Crippen molar-refractivity contribution in [1.29, 1.82) is 0 Å². The first-order valence-electron chi connectivity index (χ1n) is 4.24. The van der Waals surface area contributed by atoms with Crippen molar-refractivity contribution in [2.24, 2.45) is 0 Å². The lowest BCUT2D eigenvalue weighted by Gasteiger charge is -2.10. The van der Waals surface area contributed by atoms with Crippen LogP contribution in [-0.4, -0.2) is 0 Å². The topological polar surface area (TPSA) is 0 Å². The lowest BCUT2D eigenvalue weighted by molar-refractivity contribution is 1.45. The van der Waals surface area contributed by atoms with Crippen molar-refractivity contribution in [1.82, 2.24) is 0 Å². The lowest BCUT2D eigenvalue weighted by Crippen LogP contribution is -1.91. The molecule has 0 aromatic heterocycles. The summed E-state index contributed by atoms with van der Waals surface area (Å²) in [5.74, 6) is 0. The molecule has 0 spiro atoms. The fourth-order valence-electron chi connectivity index (χ4n) is 1.21. The van der Waals surface area contributed by atoms with E-state index in [9.17, 15) is 0 Å². The van der Waals surface area contributed by atoms with Gasteiger partial charge in [-0.25, -0.2) is 0 Å². The molecule has 0 nitrogen and oxygen atoms in total. The summed E-state index contributed by atoms with van der Waals surface area (Å²) in [6.07, 6.45) is 0. The fraction of sp³-hybridized carbons (Fsp3) is 0.167. The number of halogens is 2. The van der Waals surface area contributed by atoms with Gasteiger partial charge in [0.25, 0.3) is 0 Å². The van der Waals surface area contributed by atoms with Gasteiger partial charge in [0.05, 0.1) is 0 Å². The van der Waals surface area contributed by atoms with Gasteiger partial charge in [0, 0.05) is 8.04 Å². The van der Waals surface area contributed by atoms with E-state index in [4.69, 9.17) is 0 Å². The molecule has 0 heterocycles. The summed E-state index contributed by atoms with van der Waals surface area (Å²) >= 11 is 5.84. The highest BCUT2D eigenvalue weighted by Gasteiger charge is 2.08. The Morgan fingerprint density at radius 3 is 1.79 bits per heavy atom. The van der Waals surface area contributed by atoms with Gasteiger partial charge in [-0.2, -0.15) is 0 Å². The van der Waals surface area contributed by atoms with E-state index in [1.165, 1.54) is 14.7 Å². The maximum absolute atomic E-state index is 3.97. The second-order valence-electron chi connectivity index (χ2n) is 3.38. The largest absolute Gasteiger partial charge is 0.0955 e. The van der Waals surface area contributed by atoms with Crippen LogP contribution in [0, 0.1) is 3.57 Å². The Labute approximate surface area is 107 Å². The standard InChI is InChI=1S/C12H12BrI/c1-7(2)10-5-9(13)6-11(8(3)4)12(10)14/h5-6H,1,3H2,2,4H3. The van der Waals surface area contributed by atoms with Crippen molar-refractivity contribution in [3.63, 3.8) is 0 Å². The average Bonchev–Trinajstić information content (AvgIpc) is 2.07. The van der Waals surface area contributed by atoms with Crippen LogP contribution in [0.15, 0.2) is 29.8 Å². The predicted molar refractivity (Wildman–Crippen MR) is 76.3 cm³/mol. The smallest absolute Gasteiger partial charge is 0.0280 e. The van der Waals surface area contributed by atoms with E-state index in [1.54, 1.807) is 0 Å². The molecule has 0 fully saturated rings. The molecule has 0 unspecified atom stereocenters. The van der Waals surface area contributed by atoms with Crippen LogP contribution in [0.4, 0.5) is 0 Å². The summed E-state index contributed by atoms with van der Waals surface area (Å²) in [4.78, 5) is 0. The van der Waals surface area contributed by atoms with Gasteiger partial charge in [0.2, 0.25) is 0 Å². The van der Waals surface area contributed by atoms with Gasteiger partial charge in [-0.05, 0) is 70.8 Å². The van der Waals surface area contributed by atoms with Gasteiger partial charge in [-0.3, -0.25) is 0 Å². The van der Waals surface area contributed by atoms with Gasteiger partial charge < -0.3 is 0 Å². The average molecular weight is 363 g/mol. The Morgan fingerprint density at radius 1 is 1.14 bits per heavy atom. The predicted octanol–water partition coefficient (Wildman–Crippen LogP) is 5.12. The molecular formula is C12H12BrI. The maximum Gasteiger partial charge on any atom is 0.0280 e. The zero-order valence-electron chi connectivity index (χ0n) is 8.32. The van der Waals surface area contributed by atoms with E-state index >= 15 is 0 Å². The minimum Gasteiger partial charge on any atom is -0.0955 e. The van der Waals surface area contributed by atoms with Gasteiger partial charge in [0.15, 0.2) is 0 Å². The molecule has 0 radical (unpaired) electrons. The Balaban J connectivity index is 3.47. The van der Waals surface area contributed by atoms with Gasteiger partial charge in [0.1, 0.15) is 0 Å². The Bertz CT molecular complexity index is 370. The van der Waals surface area contributed by atoms with E-state index in [2.05, 4.69) is 63.8 Å². The minimum absolute atomic E-state index is 1.08. The maximum atomic E-state index is 3.97. The molecule has 0 saturated heterocycles. The van der Waals surface area contributed by atoms with E-state index < -0.39 is 0 Å². The SMILES string of the molecule is C=C(C)c1cc(Br)cc(C(=C)C)c1I. The molecule has 1 rings (SSSR count). The number of allylic oxidation sites excluding steroid dienone is 2. The Kier molecular flexibility index (Phi) is 3.95. The van der Waals surface area contributed by atoms with E-state index in [0.717, 1.165) is 15.6 Å². The van der Waals surface area contributed by atoms with Gasteiger partial charge in [-0.15, -0.1) is 0 Å². The monoisotopic (exact) mass is 362 g/mol.